The third kappa shape index (κ3) is 4.35. The van der Waals surface area contributed by atoms with Gasteiger partial charge in [-0.05, 0) is 50.1 Å². The number of Topliss-reactive ketones (excluding diaryl/α,β-unsaturated/α-hetero) is 1. The molecule has 0 fully saturated rings. The molecule has 0 radical (unpaired) electrons. The topological polar surface area (TPSA) is 46.2 Å². The van der Waals surface area contributed by atoms with Crippen molar-refractivity contribution in [3.8, 4) is 0 Å². The van der Waals surface area contributed by atoms with Crippen LogP contribution in [0.25, 0.3) is 0 Å². The number of hydrogen-bond donors (Lipinski definition) is 1. The molecule has 0 bridgehead atoms. The maximum Gasteiger partial charge on any atom is 0.231 e. The SMILES string of the molecule is O=C(CBr)CC(=O)Nc1ccc(Br)c(Br)c1. The van der Waals surface area contributed by atoms with E-state index >= 15 is 0 Å². The Kier molecular flexibility index (Phi) is 5.64. The van der Waals surface area contributed by atoms with Crippen molar-refractivity contribution >= 4 is 65.2 Å². The van der Waals surface area contributed by atoms with Crippen molar-refractivity contribution in [1.82, 2.24) is 0 Å². The van der Waals surface area contributed by atoms with Gasteiger partial charge in [0.2, 0.25) is 5.91 Å². The molecule has 3 nitrogen and oxygen atoms in total. The Hall–Kier alpha value is -0.200. The third-order valence-corrected chi connectivity index (χ3v) is 4.22. The van der Waals surface area contributed by atoms with Gasteiger partial charge in [-0.2, -0.15) is 0 Å². The molecule has 0 aromatic heterocycles. The van der Waals surface area contributed by atoms with Crippen LogP contribution in [0.4, 0.5) is 5.69 Å². The highest BCUT2D eigenvalue weighted by molar-refractivity contribution is 9.13. The summed E-state index contributed by atoms with van der Waals surface area (Å²) in [5, 5.41) is 2.84. The number of halogens is 3. The predicted molar refractivity (Wildman–Crippen MR) is 73.9 cm³/mol. The molecule has 86 valence electrons. The van der Waals surface area contributed by atoms with E-state index in [0.29, 0.717) is 5.69 Å². The molecule has 0 atom stereocenters. The van der Waals surface area contributed by atoms with Crippen LogP contribution in [0, 0.1) is 0 Å². The number of benzene rings is 1. The zero-order valence-electron chi connectivity index (χ0n) is 8.10. The van der Waals surface area contributed by atoms with E-state index in [-0.39, 0.29) is 23.4 Å². The summed E-state index contributed by atoms with van der Waals surface area (Å²) in [5.41, 5.74) is 0.655. The first-order chi connectivity index (χ1) is 7.52. The number of alkyl halides is 1. The minimum atomic E-state index is -0.307. The van der Waals surface area contributed by atoms with E-state index in [1.807, 2.05) is 6.07 Å². The first-order valence-corrected chi connectivity index (χ1v) is 7.06. The molecular weight excluding hydrogens is 406 g/mol. The normalized spacial score (nSPS) is 9.94. The molecule has 6 heteroatoms. The van der Waals surface area contributed by atoms with Crippen LogP contribution in [0.15, 0.2) is 27.1 Å². The zero-order chi connectivity index (χ0) is 12.1. The van der Waals surface area contributed by atoms with Crippen LogP contribution in [0.2, 0.25) is 0 Å². The molecule has 0 aliphatic carbocycles. The Morgan fingerprint density at radius 1 is 1.19 bits per heavy atom. The van der Waals surface area contributed by atoms with Crippen LogP contribution in [0.1, 0.15) is 6.42 Å². The molecule has 0 saturated carbocycles. The van der Waals surface area contributed by atoms with Gasteiger partial charge in [-0.1, -0.05) is 15.9 Å². The van der Waals surface area contributed by atoms with E-state index in [4.69, 9.17) is 0 Å². The van der Waals surface area contributed by atoms with Gasteiger partial charge in [0.05, 0.1) is 11.8 Å². The number of carbonyl (C=O) groups is 2. The first kappa shape index (κ1) is 13.9. The van der Waals surface area contributed by atoms with E-state index < -0.39 is 0 Å². The number of anilines is 1. The Labute approximate surface area is 118 Å². The Morgan fingerprint density at radius 3 is 2.44 bits per heavy atom. The standard InChI is InChI=1S/C10H8Br3NO2/c11-5-7(15)4-10(16)14-6-1-2-8(12)9(13)3-6/h1-3H,4-5H2,(H,14,16). The minimum Gasteiger partial charge on any atom is -0.326 e. The smallest absolute Gasteiger partial charge is 0.231 e. The number of amides is 1. The fraction of sp³-hybridized carbons (Fsp3) is 0.200. The first-order valence-electron chi connectivity index (χ1n) is 4.35. The van der Waals surface area contributed by atoms with Gasteiger partial charge < -0.3 is 5.32 Å². The van der Waals surface area contributed by atoms with Gasteiger partial charge in [0.1, 0.15) is 0 Å². The van der Waals surface area contributed by atoms with Crippen molar-refractivity contribution < 1.29 is 9.59 Å². The maximum absolute atomic E-state index is 11.4. The highest BCUT2D eigenvalue weighted by Crippen LogP contribution is 2.26. The molecular formula is C10H8Br3NO2. The van der Waals surface area contributed by atoms with Gasteiger partial charge in [-0.3, -0.25) is 9.59 Å². The van der Waals surface area contributed by atoms with E-state index in [0.717, 1.165) is 8.95 Å². The zero-order valence-corrected chi connectivity index (χ0v) is 12.9. The minimum absolute atomic E-state index is 0.112. The monoisotopic (exact) mass is 411 g/mol. The number of ketones is 1. The van der Waals surface area contributed by atoms with E-state index in [9.17, 15) is 9.59 Å². The second-order valence-corrected chi connectivity index (χ2v) is 5.30. The predicted octanol–water partition coefficient (Wildman–Crippen LogP) is 3.50. The largest absolute Gasteiger partial charge is 0.326 e. The fourth-order valence-corrected chi connectivity index (χ4v) is 1.83. The van der Waals surface area contributed by atoms with Crippen LogP contribution >= 0.6 is 47.8 Å². The van der Waals surface area contributed by atoms with E-state index in [1.165, 1.54) is 0 Å². The molecule has 0 heterocycles. The molecule has 0 saturated heterocycles. The molecule has 0 spiro atoms. The van der Waals surface area contributed by atoms with Gasteiger partial charge >= 0.3 is 0 Å². The van der Waals surface area contributed by atoms with Crippen LogP contribution in [0.3, 0.4) is 0 Å². The van der Waals surface area contributed by atoms with Gasteiger partial charge in [-0.15, -0.1) is 0 Å². The molecule has 1 amide bonds. The third-order valence-electron chi connectivity index (χ3n) is 1.71. The van der Waals surface area contributed by atoms with Crippen LogP contribution in [0.5, 0.6) is 0 Å². The summed E-state index contributed by atoms with van der Waals surface area (Å²) in [4.78, 5) is 22.4. The Bertz CT molecular complexity index is 421. The van der Waals surface area contributed by atoms with Crippen molar-refractivity contribution in [2.45, 2.75) is 6.42 Å². The van der Waals surface area contributed by atoms with Crippen molar-refractivity contribution in [2.75, 3.05) is 10.6 Å². The maximum atomic E-state index is 11.4. The van der Waals surface area contributed by atoms with Gasteiger partial charge in [0.15, 0.2) is 5.78 Å². The van der Waals surface area contributed by atoms with Gasteiger partial charge in [0.25, 0.3) is 0 Å². The summed E-state index contributed by atoms with van der Waals surface area (Å²) in [7, 11) is 0. The van der Waals surface area contributed by atoms with Crippen molar-refractivity contribution in [1.29, 1.82) is 0 Å². The Balaban J connectivity index is 2.63. The van der Waals surface area contributed by atoms with Crippen molar-refractivity contribution in [2.24, 2.45) is 0 Å². The quantitative estimate of drug-likeness (QED) is 0.606. The Morgan fingerprint density at radius 2 is 1.88 bits per heavy atom. The summed E-state index contributed by atoms with van der Waals surface area (Å²) in [6, 6.07) is 5.33. The van der Waals surface area contributed by atoms with Crippen LogP contribution in [-0.4, -0.2) is 17.0 Å². The lowest BCUT2D eigenvalue weighted by molar-refractivity contribution is -0.123. The number of carbonyl (C=O) groups excluding carboxylic acids is 2. The molecule has 0 aliphatic heterocycles. The van der Waals surface area contributed by atoms with Crippen molar-refractivity contribution in [3.63, 3.8) is 0 Å². The lowest BCUT2D eigenvalue weighted by Crippen LogP contribution is -2.16. The van der Waals surface area contributed by atoms with Crippen LogP contribution < -0.4 is 5.32 Å². The second kappa shape index (κ2) is 6.51. The second-order valence-electron chi connectivity index (χ2n) is 3.03. The molecule has 16 heavy (non-hydrogen) atoms. The summed E-state index contributed by atoms with van der Waals surface area (Å²) < 4.78 is 1.75. The lowest BCUT2D eigenvalue weighted by atomic mass is 10.2. The van der Waals surface area contributed by atoms with Crippen molar-refractivity contribution in [3.05, 3.63) is 27.1 Å². The highest BCUT2D eigenvalue weighted by Gasteiger charge is 2.08. The molecule has 1 aromatic rings. The van der Waals surface area contributed by atoms with Gasteiger partial charge in [-0.25, -0.2) is 0 Å². The average molecular weight is 414 g/mol. The average Bonchev–Trinajstić information content (AvgIpc) is 2.23. The lowest BCUT2D eigenvalue weighted by Gasteiger charge is -2.05. The number of nitrogens with one attached hydrogen (secondary N) is 1. The van der Waals surface area contributed by atoms with E-state index in [1.54, 1.807) is 12.1 Å². The van der Waals surface area contributed by atoms with Gasteiger partial charge in [0, 0.05) is 14.6 Å². The fourth-order valence-electron chi connectivity index (χ4n) is 1.01. The molecule has 1 N–H and O–H groups in total. The summed E-state index contributed by atoms with van der Waals surface area (Å²) >= 11 is 9.66. The summed E-state index contributed by atoms with van der Waals surface area (Å²) in [6.07, 6.45) is -0.112. The summed E-state index contributed by atoms with van der Waals surface area (Å²) in [6.45, 7) is 0. The summed E-state index contributed by atoms with van der Waals surface area (Å²) in [5.74, 6) is -0.452. The molecule has 1 rings (SSSR count). The molecule has 0 unspecified atom stereocenters. The highest BCUT2D eigenvalue weighted by atomic mass is 79.9. The van der Waals surface area contributed by atoms with Crippen LogP contribution in [-0.2, 0) is 9.59 Å². The molecule has 0 aliphatic rings. The molecule has 1 aromatic carbocycles. The number of hydrogen-bond acceptors (Lipinski definition) is 2. The number of rotatable bonds is 4. The van der Waals surface area contributed by atoms with E-state index in [2.05, 4.69) is 53.1 Å².